The minimum Gasteiger partial charge on any atom is -0.507 e. The van der Waals surface area contributed by atoms with E-state index in [9.17, 15) is 39.6 Å². The number of esters is 2. The van der Waals surface area contributed by atoms with Crippen molar-refractivity contribution >= 4 is 68.0 Å². The van der Waals surface area contributed by atoms with E-state index in [0.29, 0.717) is 36.7 Å². The van der Waals surface area contributed by atoms with Gasteiger partial charge in [0.2, 0.25) is 10.9 Å². The van der Waals surface area contributed by atoms with Crippen LogP contribution in [0.5, 0.6) is 11.5 Å². The van der Waals surface area contributed by atoms with Gasteiger partial charge in [0.15, 0.2) is 29.0 Å². The monoisotopic (exact) mass is 1090 g/mol. The van der Waals surface area contributed by atoms with E-state index < -0.39 is 106 Å². The molecule has 422 valence electrons. The fourth-order valence-corrected chi connectivity index (χ4v) is 10.9. The number of aliphatic hydroxyl groups is 3. The predicted octanol–water partition coefficient (Wildman–Crippen LogP) is 6.13. The Labute approximate surface area is 456 Å². The first kappa shape index (κ1) is 57.8. The highest BCUT2D eigenvalue weighted by molar-refractivity contribution is 6.17. The average molecular weight is 1090 g/mol. The van der Waals surface area contributed by atoms with Crippen LogP contribution in [-0.2, 0) is 35.0 Å². The van der Waals surface area contributed by atoms with Crippen molar-refractivity contribution in [3.63, 3.8) is 0 Å². The van der Waals surface area contributed by atoms with Crippen LogP contribution in [-0.4, -0.2) is 130 Å². The number of aliphatic hydroxyl groups excluding tert-OH is 3. The van der Waals surface area contributed by atoms with E-state index in [1.807, 2.05) is 6.92 Å². The number of pyridine rings is 1. The summed E-state index contributed by atoms with van der Waals surface area (Å²) in [6.07, 6.45) is 6.21. The molecule has 1 fully saturated rings. The van der Waals surface area contributed by atoms with Crippen LogP contribution in [0, 0.1) is 36.5 Å². The SMILES string of the molecule is CCc1cnccc1C(=O)OCC(=O)OC1C(C)C(OC)C=COC2(C)Oc3c(C)c(O)c4c(=O)c(c5oc6cc(N7CCN(CC(C)C)CC7)cc(=O)c6nc5c4c3=C2O)NC(=O)C(C)=CC=CC(C)C(O)C(C)C(O)C1C. The number of hydrogen-bond donors (Lipinski definition) is 5. The van der Waals surface area contributed by atoms with Crippen molar-refractivity contribution in [3.8, 4) is 11.5 Å². The van der Waals surface area contributed by atoms with E-state index in [1.165, 1.54) is 70.8 Å². The molecule has 9 atom stereocenters. The van der Waals surface area contributed by atoms with Crippen LogP contribution in [0.1, 0.15) is 83.8 Å². The first-order valence-electron chi connectivity index (χ1n) is 26.7. The second-order valence-electron chi connectivity index (χ2n) is 21.6. The van der Waals surface area contributed by atoms with Gasteiger partial charge in [-0.1, -0.05) is 66.7 Å². The van der Waals surface area contributed by atoms with Crippen LogP contribution in [0.4, 0.5) is 11.4 Å². The van der Waals surface area contributed by atoms with Crippen LogP contribution in [0.15, 0.2) is 80.7 Å². The molecule has 5 bridgehead atoms. The molecule has 20 nitrogen and oxygen atoms in total. The molecule has 3 aromatic carbocycles. The molecule has 9 rings (SSSR count). The quantitative estimate of drug-likeness (QED) is 0.0631. The maximum Gasteiger partial charge on any atom is 0.344 e. The van der Waals surface area contributed by atoms with Gasteiger partial charge in [-0.3, -0.25) is 24.3 Å². The zero-order valence-electron chi connectivity index (χ0n) is 46.5. The summed E-state index contributed by atoms with van der Waals surface area (Å²) in [5.74, 6) is -8.34. The predicted molar refractivity (Wildman–Crippen MR) is 297 cm³/mol. The summed E-state index contributed by atoms with van der Waals surface area (Å²) in [5, 5.41) is 50.0. The number of fused-ring (bicyclic) bond motifs is 14. The van der Waals surface area contributed by atoms with Crippen molar-refractivity contribution in [1.82, 2.24) is 14.9 Å². The molecule has 9 unspecified atom stereocenters. The van der Waals surface area contributed by atoms with Gasteiger partial charge in [0.05, 0.1) is 40.7 Å². The Balaban J connectivity index is 1.25. The molecule has 0 saturated carbocycles. The summed E-state index contributed by atoms with van der Waals surface area (Å²) in [6, 6.07) is 4.62. The molecule has 0 spiro atoms. The number of phenols is 1. The third-order valence-electron chi connectivity index (χ3n) is 15.6. The number of amides is 1. The van der Waals surface area contributed by atoms with Crippen molar-refractivity contribution < 1.29 is 62.9 Å². The van der Waals surface area contributed by atoms with Crippen molar-refractivity contribution in [2.24, 2.45) is 29.6 Å². The lowest BCUT2D eigenvalue weighted by Gasteiger charge is -2.38. The number of carbonyl (C=O) groups excluding carboxylic acids is 3. The lowest BCUT2D eigenvalue weighted by atomic mass is 9.78. The van der Waals surface area contributed by atoms with Crippen LogP contribution in [0.3, 0.4) is 0 Å². The zero-order valence-corrected chi connectivity index (χ0v) is 46.5. The van der Waals surface area contributed by atoms with Crippen LogP contribution >= 0.6 is 0 Å². The number of nitrogens with zero attached hydrogens (tertiary/aromatic N) is 4. The molecule has 79 heavy (non-hydrogen) atoms. The van der Waals surface area contributed by atoms with Crippen LogP contribution < -0.4 is 31.0 Å². The van der Waals surface area contributed by atoms with Gasteiger partial charge in [-0.25, -0.2) is 14.6 Å². The molecule has 6 heterocycles. The van der Waals surface area contributed by atoms with Gasteiger partial charge in [-0.05, 0) is 43.9 Å². The van der Waals surface area contributed by atoms with Crippen LogP contribution in [0.2, 0.25) is 0 Å². The standard InChI is InChI=1S/C59H71N5O15/c1-12-36-26-60-18-16-38(36)58(73)75-28-42(66)78-53-32(6)40(74-11)17-23-76-59(10)56(71)45-43-44(51(69)35(9)54(45)79-59)52(70)48(62-57(72)31(5)15-13-14-30(4)49(67)33(7)50(68)34(53)8)55-47(43)61-46-39(65)24-37(25-41(46)77-55)64-21-19-63(20-22-64)27-29(2)3/h13-18,23-26,29-30,32-34,40,49-50,53,67-69,71H,12,19-22,27-28H2,1-11H3,(H,62,72). The van der Waals surface area contributed by atoms with E-state index in [1.54, 1.807) is 45.9 Å². The van der Waals surface area contributed by atoms with E-state index in [-0.39, 0.29) is 60.6 Å². The summed E-state index contributed by atoms with van der Waals surface area (Å²) in [6.45, 7) is 20.2. The van der Waals surface area contributed by atoms with Gasteiger partial charge in [0.1, 0.15) is 28.8 Å². The number of anilines is 2. The highest BCUT2D eigenvalue weighted by Gasteiger charge is 2.44. The molecule has 5 N–H and O–H groups in total. The Morgan fingerprint density at radius 2 is 1.67 bits per heavy atom. The number of aromatic hydroxyl groups is 1. The molecule has 0 aliphatic carbocycles. The molecule has 1 amide bonds. The molecule has 1 saturated heterocycles. The molecule has 5 aromatic rings. The number of phenolic OH excluding ortho intramolecular Hbond substituents is 1. The number of aryl methyl sites for hydroxylation is 1. The third kappa shape index (κ3) is 11.4. The van der Waals surface area contributed by atoms with E-state index in [2.05, 4.69) is 33.9 Å². The van der Waals surface area contributed by atoms with Gasteiger partial charge in [-0.15, -0.1) is 0 Å². The van der Waals surface area contributed by atoms with Gasteiger partial charge in [-0.2, -0.15) is 0 Å². The molecule has 20 heteroatoms. The van der Waals surface area contributed by atoms with Gasteiger partial charge >= 0.3 is 17.7 Å². The summed E-state index contributed by atoms with van der Waals surface area (Å²) in [5.41, 5.74) is -0.753. The zero-order chi connectivity index (χ0) is 57.4. The first-order chi connectivity index (χ1) is 37.5. The fraction of sp³-hybridized carbons (Fsp3) is 0.475. The minimum absolute atomic E-state index is 0.0168. The summed E-state index contributed by atoms with van der Waals surface area (Å²) < 4.78 is 36.4. The third-order valence-corrected chi connectivity index (χ3v) is 15.6. The Bertz CT molecular complexity index is 3460. The van der Waals surface area contributed by atoms with Crippen LogP contribution in [0.25, 0.3) is 38.7 Å². The lowest BCUT2D eigenvalue weighted by molar-refractivity contribution is -0.166. The number of hydrogen-bond acceptors (Lipinski definition) is 19. The Kier molecular flexibility index (Phi) is 17.2. The molecule has 4 aliphatic rings. The van der Waals surface area contributed by atoms with Crippen molar-refractivity contribution in [2.75, 3.05) is 56.7 Å². The van der Waals surface area contributed by atoms with E-state index >= 15 is 4.79 Å². The topological polar surface area (TPSA) is 270 Å². The minimum atomic E-state index is -2.06. The fourth-order valence-electron chi connectivity index (χ4n) is 10.9. The first-order valence-corrected chi connectivity index (χ1v) is 26.7. The highest BCUT2D eigenvalue weighted by Crippen LogP contribution is 2.42. The Hall–Kier alpha value is -7.39. The number of ether oxygens (including phenoxy) is 5. The van der Waals surface area contributed by atoms with Crippen molar-refractivity contribution in [3.05, 3.63) is 109 Å². The maximum atomic E-state index is 15.0. The molecule has 4 aliphatic heterocycles. The summed E-state index contributed by atoms with van der Waals surface area (Å²) in [4.78, 5) is 83.4. The number of aromatic nitrogens is 2. The van der Waals surface area contributed by atoms with Gasteiger partial charge < -0.3 is 58.7 Å². The Morgan fingerprint density at radius 3 is 2.35 bits per heavy atom. The van der Waals surface area contributed by atoms with Crippen molar-refractivity contribution in [2.45, 2.75) is 106 Å². The van der Waals surface area contributed by atoms with Gasteiger partial charge in [0, 0.05) is 117 Å². The average Bonchev–Trinajstić information content (AvgIpc) is 3.79. The number of allylic oxidation sites excluding steroid dienone is 2. The normalized spacial score (nSPS) is 25.4. The summed E-state index contributed by atoms with van der Waals surface area (Å²) >= 11 is 0. The van der Waals surface area contributed by atoms with E-state index in [0.717, 1.165) is 19.6 Å². The number of benzene rings is 3. The second-order valence-corrected chi connectivity index (χ2v) is 21.6. The number of carbonyl (C=O) groups is 3. The number of rotatable bonds is 9. The molecule has 2 aromatic heterocycles. The smallest absolute Gasteiger partial charge is 0.344 e. The summed E-state index contributed by atoms with van der Waals surface area (Å²) in [7, 11) is 1.40. The van der Waals surface area contributed by atoms with Gasteiger partial charge in [0.25, 0.3) is 5.91 Å². The molecular formula is C59H71N5O15. The largest absolute Gasteiger partial charge is 0.507 e. The van der Waals surface area contributed by atoms with E-state index in [4.69, 9.17) is 33.1 Å². The molecular weight excluding hydrogens is 1020 g/mol. The molecule has 0 radical (unpaired) electrons. The van der Waals surface area contributed by atoms with Crippen molar-refractivity contribution in [1.29, 1.82) is 0 Å². The second kappa shape index (κ2) is 23.5. The number of piperazine rings is 1. The number of methoxy groups -OCH3 is 1. The highest BCUT2D eigenvalue weighted by atomic mass is 16.7. The lowest BCUT2D eigenvalue weighted by Crippen LogP contribution is -2.47. The number of nitrogens with one attached hydrogen (secondary N) is 1. The maximum absolute atomic E-state index is 15.0. The Morgan fingerprint density at radius 1 is 0.949 bits per heavy atom.